The second-order valence-electron chi connectivity index (χ2n) is 3.24. The fourth-order valence-electron chi connectivity index (χ4n) is 0.927. The van der Waals surface area contributed by atoms with Crippen LogP contribution in [0.5, 0.6) is 0 Å². The van der Waals surface area contributed by atoms with Gasteiger partial charge in [-0.3, -0.25) is 4.79 Å². The summed E-state index contributed by atoms with van der Waals surface area (Å²) < 4.78 is 1.13. The number of hydrogen-bond acceptors (Lipinski definition) is 2. The van der Waals surface area contributed by atoms with Gasteiger partial charge in [-0.1, -0.05) is 6.07 Å². The van der Waals surface area contributed by atoms with E-state index in [1.165, 1.54) is 5.56 Å². The van der Waals surface area contributed by atoms with Gasteiger partial charge in [-0.05, 0) is 54.1 Å². The molecule has 84 valence electrons. The van der Waals surface area contributed by atoms with Crippen LogP contribution >= 0.6 is 35.0 Å². The van der Waals surface area contributed by atoms with E-state index in [2.05, 4.69) is 27.9 Å². The van der Waals surface area contributed by atoms with Crippen LogP contribution in [0, 0.1) is 10.5 Å². The topological polar surface area (TPSA) is 55.1 Å². The SMILES string of the molecule is Cc1ccc(NC(=O)[C@H](C)N)cc1I.Cl. The average molecular weight is 341 g/mol. The van der Waals surface area contributed by atoms with Gasteiger partial charge in [0, 0.05) is 9.26 Å². The number of hydrogen-bond donors (Lipinski definition) is 2. The molecule has 0 fully saturated rings. The normalized spacial score (nSPS) is 11.5. The summed E-state index contributed by atoms with van der Waals surface area (Å²) in [5, 5.41) is 2.74. The van der Waals surface area contributed by atoms with Crippen LogP contribution < -0.4 is 11.1 Å². The molecular formula is C10H14ClIN2O. The Hall–Kier alpha value is -0.330. The number of aryl methyl sites for hydroxylation is 1. The number of rotatable bonds is 2. The van der Waals surface area contributed by atoms with E-state index in [4.69, 9.17) is 5.73 Å². The fourth-order valence-corrected chi connectivity index (χ4v) is 1.44. The zero-order valence-corrected chi connectivity index (χ0v) is 11.6. The Kier molecular flexibility index (Phi) is 6.16. The van der Waals surface area contributed by atoms with Crippen LogP contribution in [-0.4, -0.2) is 11.9 Å². The molecule has 1 aromatic carbocycles. The van der Waals surface area contributed by atoms with Gasteiger partial charge in [0.25, 0.3) is 0 Å². The lowest BCUT2D eigenvalue weighted by molar-refractivity contribution is -0.117. The molecule has 15 heavy (non-hydrogen) atoms. The summed E-state index contributed by atoms with van der Waals surface area (Å²) in [6.07, 6.45) is 0. The number of halogens is 2. The highest BCUT2D eigenvalue weighted by Crippen LogP contribution is 2.16. The maximum absolute atomic E-state index is 11.3. The Morgan fingerprint density at radius 1 is 1.53 bits per heavy atom. The van der Waals surface area contributed by atoms with E-state index >= 15 is 0 Å². The third-order valence-electron chi connectivity index (χ3n) is 1.85. The van der Waals surface area contributed by atoms with Gasteiger partial charge in [0.15, 0.2) is 0 Å². The molecule has 0 spiro atoms. The van der Waals surface area contributed by atoms with Crippen LogP contribution in [0.25, 0.3) is 0 Å². The Morgan fingerprint density at radius 2 is 2.13 bits per heavy atom. The zero-order valence-electron chi connectivity index (χ0n) is 8.58. The second kappa shape index (κ2) is 6.30. The maximum Gasteiger partial charge on any atom is 0.240 e. The minimum absolute atomic E-state index is 0. The van der Waals surface area contributed by atoms with Crippen LogP contribution in [0.1, 0.15) is 12.5 Å². The third-order valence-corrected chi connectivity index (χ3v) is 3.02. The lowest BCUT2D eigenvalue weighted by atomic mass is 10.2. The Morgan fingerprint density at radius 3 is 2.60 bits per heavy atom. The molecular weight excluding hydrogens is 326 g/mol. The first-order valence-electron chi connectivity index (χ1n) is 4.33. The monoisotopic (exact) mass is 340 g/mol. The van der Waals surface area contributed by atoms with Crippen molar-refractivity contribution < 1.29 is 4.79 Å². The van der Waals surface area contributed by atoms with E-state index in [9.17, 15) is 4.79 Å². The van der Waals surface area contributed by atoms with Crippen LogP contribution in [-0.2, 0) is 4.79 Å². The number of carbonyl (C=O) groups is 1. The molecule has 0 aliphatic rings. The van der Waals surface area contributed by atoms with Crippen LogP contribution in [0.15, 0.2) is 18.2 Å². The molecule has 0 saturated carbocycles. The molecule has 3 N–H and O–H groups in total. The van der Waals surface area contributed by atoms with E-state index in [0.29, 0.717) is 0 Å². The van der Waals surface area contributed by atoms with Gasteiger partial charge in [0.05, 0.1) is 6.04 Å². The first-order valence-corrected chi connectivity index (χ1v) is 5.41. The Bertz CT molecular complexity index is 355. The van der Waals surface area contributed by atoms with Crippen molar-refractivity contribution >= 4 is 46.6 Å². The number of nitrogens with one attached hydrogen (secondary N) is 1. The van der Waals surface area contributed by atoms with Crippen molar-refractivity contribution in [2.24, 2.45) is 5.73 Å². The minimum atomic E-state index is -0.478. The minimum Gasteiger partial charge on any atom is -0.325 e. The summed E-state index contributed by atoms with van der Waals surface area (Å²) in [4.78, 5) is 11.3. The smallest absolute Gasteiger partial charge is 0.240 e. The van der Waals surface area contributed by atoms with Gasteiger partial charge in [-0.25, -0.2) is 0 Å². The van der Waals surface area contributed by atoms with E-state index in [0.717, 1.165) is 9.26 Å². The van der Waals surface area contributed by atoms with Crippen LogP contribution in [0.4, 0.5) is 5.69 Å². The van der Waals surface area contributed by atoms with Crippen molar-refractivity contribution in [1.82, 2.24) is 0 Å². The number of anilines is 1. The summed E-state index contributed by atoms with van der Waals surface area (Å²) in [5.74, 6) is -0.162. The molecule has 1 atom stereocenters. The number of nitrogens with two attached hydrogens (primary N) is 1. The predicted octanol–water partition coefficient (Wildman–Crippen LogP) is 2.31. The second-order valence-corrected chi connectivity index (χ2v) is 4.40. The number of carbonyl (C=O) groups excluding carboxylic acids is 1. The molecule has 0 bridgehead atoms. The van der Waals surface area contributed by atoms with Gasteiger partial charge in [-0.2, -0.15) is 0 Å². The maximum atomic E-state index is 11.3. The molecule has 1 aromatic rings. The summed E-state index contributed by atoms with van der Waals surface area (Å²) in [6, 6.07) is 5.29. The lowest BCUT2D eigenvalue weighted by Crippen LogP contribution is -2.32. The van der Waals surface area contributed by atoms with Crippen LogP contribution in [0.2, 0.25) is 0 Å². The first-order chi connectivity index (χ1) is 6.50. The lowest BCUT2D eigenvalue weighted by Gasteiger charge is -2.08. The van der Waals surface area contributed by atoms with Gasteiger partial charge < -0.3 is 11.1 Å². The van der Waals surface area contributed by atoms with Gasteiger partial charge >= 0.3 is 0 Å². The summed E-state index contributed by atoms with van der Waals surface area (Å²) in [6.45, 7) is 3.69. The highest BCUT2D eigenvalue weighted by molar-refractivity contribution is 14.1. The molecule has 0 aromatic heterocycles. The van der Waals surface area contributed by atoms with Gasteiger partial charge in [-0.15, -0.1) is 12.4 Å². The molecule has 0 saturated heterocycles. The summed E-state index contributed by atoms with van der Waals surface area (Å²) >= 11 is 2.23. The summed E-state index contributed by atoms with van der Waals surface area (Å²) in [7, 11) is 0. The summed E-state index contributed by atoms with van der Waals surface area (Å²) in [5.41, 5.74) is 7.43. The highest BCUT2D eigenvalue weighted by atomic mass is 127. The molecule has 0 heterocycles. The zero-order chi connectivity index (χ0) is 10.7. The van der Waals surface area contributed by atoms with E-state index in [1.807, 2.05) is 25.1 Å². The molecule has 3 nitrogen and oxygen atoms in total. The quantitative estimate of drug-likeness (QED) is 0.812. The van der Waals surface area contributed by atoms with Crippen LogP contribution in [0.3, 0.4) is 0 Å². The van der Waals surface area contributed by atoms with Crippen molar-refractivity contribution in [2.45, 2.75) is 19.9 Å². The molecule has 1 amide bonds. The molecule has 5 heteroatoms. The Labute approximate surface area is 109 Å². The predicted molar refractivity (Wildman–Crippen MR) is 73.4 cm³/mol. The van der Waals surface area contributed by atoms with Gasteiger partial charge in [0.1, 0.15) is 0 Å². The molecule has 0 aliphatic carbocycles. The van der Waals surface area contributed by atoms with Crippen molar-refractivity contribution in [3.8, 4) is 0 Å². The van der Waals surface area contributed by atoms with Crippen molar-refractivity contribution in [3.63, 3.8) is 0 Å². The van der Waals surface area contributed by atoms with Crippen molar-refractivity contribution in [3.05, 3.63) is 27.3 Å². The van der Waals surface area contributed by atoms with E-state index < -0.39 is 6.04 Å². The molecule has 0 aliphatic heterocycles. The molecule has 0 radical (unpaired) electrons. The average Bonchev–Trinajstić information content (AvgIpc) is 2.11. The highest BCUT2D eigenvalue weighted by Gasteiger charge is 2.07. The van der Waals surface area contributed by atoms with Crippen molar-refractivity contribution in [1.29, 1.82) is 0 Å². The number of benzene rings is 1. The van der Waals surface area contributed by atoms with Crippen molar-refractivity contribution in [2.75, 3.05) is 5.32 Å². The Balaban J connectivity index is 0.00000196. The molecule has 1 rings (SSSR count). The third kappa shape index (κ3) is 4.36. The fraction of sp³-hybridized carbons (Fsp3) is 0.300. The first kappa shape index (κ1) is 14.7. The standard InChI is InChI=1S/C10H13IN2O.ClH/c1-6-3-4-8(5-9(6)11)13-10(14)7(2)12;/h3-5,7H,12H2,1-2H3,(H,13,14);1H/t7-;/m0./s1. The number of amides is 1. The van der Waals surface area contributed by atoms with Gasteiger partial charge in [0.2, 0.25) is 5.91 Å². The van der Waals surface area contributed by atoms with E-state index in [1.54, 1.807) is 6.92 Å². The molecule has 0 unspecified atom stereocenters. The largest absolute Gasteiger partial charge is 0.325 e. The van der Waals surface area contributed by atoms with E-state index in [-0.39, 0.29) is 18.3 Å².